The predicted octanol–water partition coefficient (Wildman–Crippen LogP) is 3.82. The lowest BCUT2D eigenvalue weighted by molar-refractivity contribution is -0.111. The van der Waals surface area contributed by atoms with Gasteiger partial charge in [0.1, 0.15) is 11.1 Å². The first-order chi connectivity index (χ1) is 10.8. The van der Waals surface area contributed by atoms with Gasteiger partial charge in [-0.15, -0.1) is 11.3 Å². The summed E-state index contributed by atoms with van der Waals surface area (Å²) in [6.45, 7) is 0. The van der Waals surface area contributed by atoms with E-state index in [1.165, 1.54) is 17.4 Å². The highest BCUT2D eigenvalue weighted by atomic mass is 32.1. The van der Waals surface area contributed by atoms with Crippen molar-refractivity contribution in [3.63, 3.8) is 0 Å². The molecule has 4 nitrogen and oxygen atoms in total. The summed E-state index contributed by atoms with van der Waals surface area (Å²) in [4.78, 5) is 16.3. The van der Waals surface area contributed by atoms with Crippen LogP contribution in [0.25, 0.3) is 17.0 Å². The smallest absolute Gasteiger partial charge is 0.249 e. The van der Waals surface area contributed by atoms with Crippen molar-refractivity contribution in [1.82, 2.24) is 4.98 Å². The number of anilines is 1. The molecule has 0 saturated heterocycles. The number of rotatable bonds is 3. The summed E-state index contributed by atoms with van der Waals surface area (Å²) in [7, 11) is 0. The van der Waals surface area contributed by atoms with Crippen molar-refractivity contribution < 1.29 is 4.79 Å². The molecule has 5 heteroatoms. The molecule has 0 radical (unpaired) electrons. The van der Waals surface area contributed by atoms with E-state index < -0.39 is 0 Å². The first-order valence-corrected chi connectivity index (χ1v) is 7.46. The molecule has 0 atom stereocenters. The van der Waals surface area contributed by atoms with Gasteiger partial charge in [-0.3, -0.25) is 9.78 Å². The second-order valence-electron chi connectivity index (χ2n) is 4.52. The van der Waals surface area contributed by atoms with Gasteiger partial charge in [0, 0.05) is 23.2 Å². The maximum absolute atomic E-state index is 12.0. The summed E-state index contributed by atoms with van der Waals surface area (Å²) in [6, 6.07) is 13.4. The number of hydrogen-bond acceptors (Lipinski definition) is 4. The SMILES string of the molecule is N#Cc1ccsc1NC(=O)/C=C/c1cccc2cccnc12. The van der Waals surface area contributed by atoms with Gasteiger partial charge < -0.3 is 5.32 Å². The molecule has 0 aliphatic rings. The molecule has 1 amide bonds. The third-order valence-corrected chi connectivity index (χ3v) is 3.93. The molecule has 22 heavy (non-hydrogen) atoms. The van der Waals surface area contributed by atoms with Crippen molar-refractivity contribution in [2.24, 2.45) is 0 Å². The maximum atomic E-state index is 12.0. The number of nitriles is 1. The van der Waals surface area contributed by atoms with Crippen LogP contribution in [0.3, 0.4) is 0 Å². The molecule has 0 spiro atoms. The number of amides is 1. The number of benzene rings is 1. The largest absolute Gasteiger partial charge is 0.313 e. The number of aromatic nitrogens is 1. The Balaban J connectivity index is 1.81. The lowest BCUT2D eigenvalue weighted by Gasteiger charge is -2.01. The molecule has 3 rings (SSSR count). The van der Waals surface area contributed by atoms with Crippen LogP contribution in [0.4, 0.5) is 5.00 Å². The number of carbonyl (C=O) groups is 1. The summed E-state index contributed by atoms with van der Waals surface area (Å²) in [5, 5.41) is 15.0. The fraction of sp³-hybridized carbons (Fsp3) is 0. The Labute approximate surface area is 131 Å². The zero-order valence-corrected chi connectivity index (χ0v) is 12.3. The van der Waals surface area contributed by atoms with E-state index in [2.05, 4.69) is 10.3 Å². The van der Waals surface area contributed by atoms with E-state index in [1.54, 1.807) is 23.7 Å². The average molecular weight is 305 g/mol. The van der Waals surface area contributed by atoms with E-state index in [4.69, 9.17) is 5.26 Å². The van der Waals surface area contributed by atoms with Gasteiger partial charge in [-0.05, 0) is 23.6 Å². The van der Waals surface area contributed by atoms with Gasteiger partial charge in [-0.2, -0.15) is 5.26 Å². The van der Waals surface area contributed by atoms with Crippen LogP contribution in [0.15, 0.2) is 54.1 Å². The van der Waals surface area contributed by atoms with Crippen LogP contribution in [0, 0.1) is 11.3 Å². The monoisotopic (exact) mass is 305 g/mol. The molecular formula is C17H11N3OS. The molecule has 2 aromatic heterocycles. The summed E-state index contributed by atoms with van der Waals surface area (Å²) in [5.74, 6) is -0.271. The highest BCUT2D eigenvalue weighted by Gasteiger charge is 2.06. The zero-order valence-electron chi connectivity index (χ0n) is 11.5. The number of nitrogens with one attached hydrogen (secondary N) is 1. The summed E-state index contributed by atoms with van der Waals surface area (Å²) < 4.78 is 0. The third-order valence-electron chi connectivity index (χ3n) is 3.10. The van der Waals surface area contributed by atoms with Crippen molar-refractivity contribution in [3.8, 4) is 6.07 Å². The van der Waals surface area contributed by atoms with E-state index in [-0.39, 0.29) is 5.91 Å². The lowest BCUT2D eigenvalue weighted by Crippen LogP contribution is -2.07. The fourth-order valence-corrected chi connectivity index (χ4v) is 2.82. The van der Waals surface area contributed by atoms with Crippen LogP contribution in [-0.4, -0.2) is 10.9 Å². The number of hydrogen-bond donors (Lipinski definition) is 1. The molecule has 0 aliphatic carbocycles. The Morgan fingerprint density at radius 1 is 1.27 bits per heavy atom. The highest BCUT2D eigenvalue weighted by molar-refractivity contribution is 7.14. The predicted molar refractivity (Wildman–Crippen MR) is 88.4 cm³/mol. The Morgan fingerprint density at radius 3 is 3.00 bits per heavy atom. The highest BCUT2D eigenvalue weighted by Crippen LogP contribution is 2.22. The Morgan fingerprint density at radius 2 is 2.14 bits per heavy atom. The van der Waals surface area contributed by atoms with E-state index in [0.717, 1.165) is 16.5 Å². The number of pyridine rings is 1. The van der Waals surface area contributed by atoms with Crippen molar-refractivity contribution in [3.05, 3.63) is 65.2 Å². The maximum Gasteiger partial charge on any atom is 0.249 e. The molecule has 1 aromatic carbocycles. The van der Waals surface area contributed by atoms with Gasteiger partial charge in [0.2, 0.25) is 5.91 Å². The van der Waals surface area contributed by atoms with Crippen LogP contribution in [0.5, 0.6) is 0 Å². The van der Waals surface area contributed by atoms with Crippen molar-refractivity contribution >= 4 is 39.2 Å². The topological polar surface area (TPSA) is 65.8 Å². The van der Waals surface area contributed by atoms with Crippen LogP contribution < -0.4 is 5.32 Å². The normalized spacial score (nSPS) is 10.7. The molecule has 0 fully saturated rings. The summed E-state index contributed by atoms with van der Waals surface area (Å²) in [5.41, 5.74) is 2.20. The van der Waals surface area contributed by atoms with E-state index in [1.807, 2.05) is 36.4 Å². The molecule has 0 saturated carbocycles. The van der Waals surface area contributed by atoms with Gasteiger partial charge in [0.15, 0.2) is 0 Å². The van der Waals surface area contributed by atoms with Crippen LogP contribution in [-0.2, 0) is 4.79 Å². The minimum absolute atomic E-state index is 0.271. The summed E-state index contributed by atoms with van der Waals surface area (Å²) >= 11 is 1.33. The zero-order chi connectivity index (χ0) is 15.4. The van der Waals surface area contributed by atoms with Crippen molar-refractivity contribution in [2.45, 2.75) is 0 Å². The molecule has 3 aromatic rings. The van der Waals surface area contributed by atoms with Gasteiger partial charge in [0.05, 0.1) is 11.1 Å². The molecule has 1 N–H and O–H groups in total. The number of para-hydroxylation sites is 1. The molecule has 2 heterocycles. The molecular weight excluding hydrogens is 294 g/mol. The molecule has 106 valence electrons. The average Bonchev–Trinajstić information content (AvgIpc) is 3.00. The first-order valence-electron chi connectivity index (χ1n) is 6.58. The summed E-state index contributed by atoms with van der Waals surface area (Å²) in [6.07, 6.45) is 4.90. The minimum Gasteiger partial charge on any atom is -0.313 e. The molecule has 0 unspecified atom stereocenters. The van der Waals surface area contributed by atoms with E-state index in [0.29, 0.717) is 10.6 Å². The quantitative estimate of drug-likeness (QED) is 0.748. The van der Waals surface area contributed by atoms with Crippen molar-refractivity contribution in [1.29, 1.82) is 5.26 Å². The fourth-order valence-electron chi connectivity index (χ4n) is 2.08. The number of carbonyl (C=O) groups excluding carboxylic acids is 1. The Bertz CT molecular complexity index is 900. The van der Waals surface area contributed by atoms with E-state index in [9.17, 15) is 4.79 Å². The van der Waals surface area contributed by atoms with Gasteiger partial charge in [-0.25, -0.2) is 0 Å². The van der Waals surface area contributed by atoms with Crippen LogP contribution >= 0.6 is 11.3 Å². The second-order valence-corrected chi connectivity index (χ2v) is 5.44. The van der Waals surface area contributed by atoms with Gasteiger partial charge >= 0.3 is 0 Å². The molecule has 0 aliphatic heterocycles. The van der Waals surface area contributed by atoms with Crippen LogP contribution in [0.2, 0.25) is 0 Å². The Hall–Kier alpha value is -2.97. The van der Waals surface area contributed by atoms with E-state index >= 15 is 0 Å². The molecule has 0 bridgehead atoms. The second kappa shape index (κ2) is 6.20. The van der Waals surface area contributed by atoms with Gasteiger partial charge in [0.25, 0.3) is 0 Å². The minimum atomic E-state index is -0.271. The van der Waals surface area contributed by atoms with Crippen molar-refractivity contribution in [2.75, 3.05) is 5.32 Å². The number of thiophene rings is 1. The lowest BCUT2D eigenvalue weighted by atomic mass is 10.1. The first kappa shape index (κ1) is 14.0. The third kappa shape index (κ3) is 2.87. The number of nitrogens with zero attached hydrogens (tertiary/aromatic N) is 2. The number of fused-ring (bicyclic) bond motifs is 1. The van der Waals surface area contributed by atoms with Crippen LogP contribution in [0.1, 0.15) is 11.1 Å². The standard InChI is InChI=1S/C17H11N3OS/c18-11-14-8-10-22-17(14)20-15(21)7-6-13-4-1-3-12-5-2-9-19-16(12)13/h1-10H,(H,20,21)/b7-6+. The Kier molecular flexibility index (Phi) is 3.95. The van der Waals surface area contributed by atoms with Gasteiger partial charge in [-0.1, -0.05) is 24.3 Å².